The number of likely N-dealkylation sites (N-methyl/N-ethyl adjacent to an activating group) is 1. The number of ketones is 1. The first-order valence-electron chi connectivity index (χ1n) is 5.14. The number of nitrogens with one attached hydrogen (secondary N) is 1. The fourth-order valence-electron chi connectivity index (χ4n) is 2.01. The quantitative estimate of drug-likeness (QED) is 0.675. The number of carbonyl (C=O) groups excluding carboxylic acids is 1. The highest BCUT2D eigenvalue weighted by Crippen LogP contribution is 2.24. The summed E-state index contributed by atoms with van der Waals surface area (Å²) in [4.78, 5) is 11.0. The van der Waals surface area contributed by atoms with Gasteiger partial charge in [0.25, 0.3) is 0 Å². The topological polar surface area (TPSA) is 55.1 Å². The van der Waals surface area contributed by atoms with E-state index in [1.165, 1.54) is 0 Å². The van der Waals surface area contributed by atoms with E-state index in [0.717, 1.165) is 38.6 Å². The molecule has 0 aromatic carbocycles. The van der Waals surface area contributed by atoms with Crippen LogP contribution in [-0.2, 0) is 4.79 Å². The van der Waals surface area contributed by atoms with Crippen molar-refractivity contribution in [1.82, 2.24) is 5.32 Å². The third-order valence-electron chi connectivity index (χ3n) is 2.77. The first-order valence-corrected chi connectivity index (χ1v) is 5.14. The van der Waals surface area contributed by atoms with E-state index in [4.69, 9.17) is 5.73 Å². The Hall–Kier alpha value is -0.410. The summed E-state index contributed by atoms with van der Waals surface area (Å²) in [5.74, 6) is 1.11. The van der Waals surface area contributed by atoms with Crippen LogP contribution in [-0.4, -0.2) is 25.4 Å². The molecule has 0 saturated heterocycles. The minimum absolute atomic E-state index is 0.253. The molecule has 3 nitrogen and oxygen atoms in total. The van der Waals surface area contributed by atoms with Crippen LogP contribution in [0, 0.1) is 5.92 Å². The maximum atomic E-state index is 11.0. The van der Waals surface area contributed by atoms with Crippen LogP contribution in [0.4, 0.5) is 0 Å². The molecule has 13 heavy (non-hydrogen) atoms. The van der Waals surface area contributed by atoms with Gasteiger partial charge in [-0.05, 0) is 32.2 Å². The fraction of sp³-hybridized carbons (Fsp3) is 0.900. The van der Waals surface area contributed by atoms with Gasteiger partial charge in [-0.3, -0.25) is 4.79 Å². The Morgan fingerprint density at radius 3 is 2.69 bits per heavy atom. The van der Waals surface area contributed by atoms with Crippen LogP contribution in [0.25, 0.3) is 0 Å². The summed E-state index contributed by atoms with van der Waals surface area (Å²) in [5, 5.41) is 3.07. The lowest BCUT2D eigenvalue weighted by molar-refractivity contribution is -0.121. The van der Waals surface area contributed by atoms with E-state index in [-0.39, 0.29) is 6.04 Å². The number of carbonyl (C=O) groups is 1. The van der Waals surface area contributed by atoms with Crippen molar-refractivity contribution < 1.29 is 4.79 Å². The standard InChI is InChI=1S/C10H20N2O/c1-12-7-9(11)6-8-2-4-10(13)5-3-8/h8-9,12H,2-7,11H2,1H3. The third-order valence-corrected chi connectivity index (χ3v) is 2.77. The van der Waals surface area contributed by atoms with Gasteiger partial charge in [0.2, 0.25) is 0 Å². The molecular weight excluding hydrogens is 164 g/mol. The molecule has 1 unspecified atom stereocenters. The van der Waals surface area contributed by atoms with Gasteiger partial charge in [-0.1, -0.05) is 0 Å². The SMILES string of the molecule is CNCC(N)CC1CCC(=O)CC1. The van der Waals surface area contributed by atoms with Gasteiger partial charge in [0.1, 0.15) is 5.78 Å². The Labute approximate surface area is 80.1 Å². The lowest BCUT2D eigenvalue weighted by Crippen LogP contribution is -2.34. The van der Waals surface area contributed by atoms with Gasteiger partial charge in [-0.25, -0.2) is 0 Å². The first-order chi connectivity index (χ1) is 6.22. The van der Waals surface area contributed by atoms with E-state index in [1.807, 2.05) is 7.05 Å². The summed E-state index contributed by atoms with van der Waals surface area (Å²) < 4.78 is 0. The number of hydrogen-bond donors (Lipinski definition) is 2. The molecule has 0 aliphatic heterocycles. The number of hydrogen-bond acceptors (Lipinski definition) is 3. The van der Waals surface area contributed by atoms with Crippen molar-refractivity contribution >= 4 is 5.78 Å². The van der Waals surface area contributed by atoms with Crippen molar-refractivity contribution in [2.45, 2.75) is 38.1 Å². The Morgan fingerprint density at radius 2 is 2.15 bits per heavy atom. The predicted octanol–water partition coefficient (Wildman–Crippen LogP) is 0.682. The van der Waals surface area contributed by atoms with Crippen LogP contribution < -0.4 is 11.1 Å². The Morgan fingerprint density at radius 1 is 1.54 bits per heavy atom. The van der Waals surface area contributed by atoms with Crippen molar-refractivity contribution in [3.8, 4) is 0 Å². The van der Waals surface area contributed by atoms with Crippen LogP contribution in [0.3, 0.4) is 0 Å². The van der Waals surface area contributed by atoms with Gasteiger partial charge < -0.3 is 11.1 Å². The molecule has 0 heterocycles. The molecule has 0 radical (unpaired) electrons. The molecule has 0 bridgehead atoms. The fourth-order valence-corrected chi connectivity index (χ4v) is 2.01. The molecule has 0 spiro atoms. The zero-order valence-corrected chi connectivity index (χ0v) is 8.38. The maximum absolute atomic E-state index is 11.0. The van der Waals surface area contributed by atoms with Crippen molar-refractivity contribution in [2.24, 2.45) is 11.7 Å². The van der Waals surface area contributed by atoms with Crippen LogP contribution in [0.2, 0.25) is 0 Å². The third kappa shape index (κ3) is 3.87. The van der Waals surface area contributed by atoms with E-state index in [9.17, 15) is 4.79 Å². The molecule has 3 N–H and O–H groups in total. The highest BCUT2D eigenvalue weighted by atomic mass is 16.1. The summed E-state index contributed by atoms with van der Waals surface area (Å²) in [7, 11) is 1.92. The first kappa shape index (κ1) is 10.7. The molecule has 1 aliphatic rings. The van der Waals surface area contributed by atoms with Crippen LogP contribution in [0.5, 0.6) is 0 Å². The minimum atomic E-state index is 0.253. The zero-order valence-electron chi connectivity index (χ0n) is 8.38. The molecule has 1 aliphatic carbocycles. The van der Waals surface area contributed by atoms with Gasteiger partial charge in [0, 0.05) is 25.4 Å². The van der Waals surface area contributed by atoms with Gasteiger partial charge >= 0.3 is 0 Å². The lowest BCUT2D eigenvalue weighted by Gasteiger charge is -2.23. The second kappa shape index (κ2) is 5.35. The molecule has 76 valence electrons. The summed E-state index contributed by atoms with van der Waals surface area (Å²) in [6.45, 7) is 0.879. The largest absolute Gasteiger partial charge is 0.327 e. The molecule has 0 amide bonds. The summed E-state index contributed by atoms with van der Waals surface area (Å²) in [5.41, 5.74) is 5.90. The molecule has 1 fully saturated rings. The smallest absolute Gasteiger partial charge is 0.132 e. The lowest BCUT2D eigenvalue weighted by atomic mass is 9.84. The molecule has 1 saturated carbocycles. The highest BCUT2D eigenvalue weighted by Gasteiger charge is 2.20. The molecule has 0 aromatic rings. The van der Waals surface area contributed by atoms with Gasteiger partial charge in [-0.15, -0.1) is 0 Å². The van der Waals surface area contributed by atoms with Crippen LogP contribution in [0.15, 0.2) is 0 Å². The molecular formula is C10H20N2O. The number of nitrogens with two attached hydrogens (primary N) is 1. The average Bonchev–Trinajstić information content (AvgIpc) is 2.09. The Balaban J connectivity index is 2.18. The zero-order chi connectivity index (χ0) is 9.68. The summed E-state index contributed by atoms with van der Waals surface area (Å²) >= 11 is 0. The highest BCUT2D eigenvalue weighted by molar-refractivity contribution is 5.78. The van der Waals surface area contributed by atoms with E-state index in [0.29, 0.717) is 11.7 Å². The number of Topliss-reactive ketones (excluding diaryl/α,β-unsaturated/α-hetero) is 1. The van der Waals surface area contributed by atoms with E-state index < -0.39 is 0 Å². The van der Waals surface area contributed by atoms with Gasteiger partial charge in [-0.2, -0.15) is 0 Å². The van der Waals surface area contributed by atoms with E-state index >= 15 is 0 Å². The predicted molar refractivity (Wildman–Crippen MR) is 53.5 cm³/mol. The van der Waals surface area contributed by atoms with E-state index in [1.54, 1.807) is 0 Å². The molecule has 1 rings (SSSR count). The maximum Gasteiger partial charge on any atom is 0.132 e. The van der Waals surface area contributed by atoms with E-state index in [2.05, 4.69) is 5.32 Å². The monoisotopic (exact) mass is 184 g/mol. The van der Waals surface area contributed by atoms with Crippen molar-refractivity contribution in [2.75, 3.05) is 13.6 Å². The molecule has 3 heteroatoms. The molecule has 0 aromatic heterocycles. The number of rotatable bonds is 4. The Kier molecular flexibility index (Phi) is 4.39. The second-order valence-electron chi connectivity index (χ2n) is 4.04. The summed E-state index contributed by atoms with van der Waals surface area (Å²) in [6.07, 6.45) is 4.72. The summed E-state index contributed by atoms with van der Waals surface area (Å²) in [6, 6.07) is 0.253. The van der Waals surface area contributed by atoms with Crippen molar-refractivity contribution in [1.29, 1.82) is 0 Å². The van der Waals surface area contributed by atoms with Crippen LogP contribution in [0.1, 0.15) is 32.1 Å². The van der Waals surface area contributed by atoms with Gasteiger partial charge in [0.05, 0.1) is 0 Å². The minimum Gasteiger partial charge on any atom is -0.327 e. The Bertz CT molecular complexity index is 160. The molecule has 1 atom stereocenters. The van der Waals surface area contributed by atoms with Crippen molar-refractivity contribution in [3.05, 3.63) is 0 Å². The van der Waals surface area contributed by atoms with Crippen molar-refractivity contribution in [3.63, 3.8) is 0 Å². The second-order valence-corrected chi connectivity index (χ2v) is 4.04. The normalized spacial score (nSPS) is 21.8. The van der Waals surface area contributed by atoms with Crippen LogP contribution >= 0.6 is 0 Å². The van der Waals surface area contributed by atoms with Gasteiger partial charge in [0.15, 0.2) is 0 Å². The average molecular weight is 184 g/mol.